The van der Waals surface area contributed by atoms with Crippen LogP contribution in [0.15, 0.2) is 36.4 Å². The van der Waals surface area contributed by atoms with E-state index < -0.39 is 11.9 Å². The summed E-state index contributed by atoms with van der Waals surface area (Å²) in [5.74, 6) is -0.492. The van der Waals surface area contributed by atoms with Crippen LogP contribution in [0.4, 0.5) is 0 Å². The van der Waals surface area contributed by atoms with Gasteiger partial charge in [0.1, 0.15) is 5.75 Å². The number of carboxylic acid groups (broad SMARTS) is 1. The van der Waals surface area contributed by atoms with Crippen molar-refractivity contribution in [2.75, 3.05) is 21.3 Å². The van der Waals surface area contributed by atoms with Crippen LogP contribution in [0.2, 0.25) is 0 Å². The first-order valence-corrected chi connectivity index (χ1v) is 6.85. The molecule has 0 atom stereocenters. The molecule has 0 aliphatic heterocycles. The SMILES string of the molecule is COC(=O)c1ccc(Oc2c(OC)cc(C(=O)O)cc2OC)cc1. The van der Waals surface area contributed by atoms with E-state index in [-0.39, 0.29) is 22.8 Å². The summed E-state index contributed by atoms with van der Waals surface area (Å²) >= 11 is 0. The van der Waals surface area contributed by atoms with Gasteiger partial charge in [0.2, 0.25) is 5.75 Å². The summed E-state index contributed by atoms with van der Waals surface area (Å²) in [6, 6.07) is 8.93. The van der Waals surface area contributed by atoms with Crippen molar-refractivity contribution in [2.24, 2.45) is 0 Å². The Morgan fingerprint density at radius 3 is 1.83 bits per heavy atom. The topological polar surface area (TPSA) is 91.3 Å². The molecule has 0 aliphatic rings. The van der Waals surface area contributed by atoms with E-state index in [1.165, 1.54) is 33.5 Å². The molecule has 1 N–H and O–H groups in total. The third kappa shape index (κ3) is 3.57. The van der Waals surface area contributed by atoms with E-state index in [1.807, 2.05) is 0 Å². The van der Waals surface area contributed by atoms with E-state index in [9.17, 15) is 9.59 Å². The van der Waals surface area contributed by atoms with Crippen molar-refractivity contribution in [3.8, 4) is 23.0 Å². The van der Waals surface area contributed by atoms with Crippen molar-refractivity contribution >= 4 is 11.9 Å². The zero-order valence-electron chi connectivity index (χ0n) is 13.4. The number of rotatable bonds is 6. The Labute approximate surface area is 138 Å². The van der Waals surface area contributed by atoms with Gasteiger partial charge < -0.3 is 24.1 Å². The van der Waals surface area contributed by atoms with Gasteiger partial charge in [-0.25, -0.2) is 9.59 Å². The standard InChI is InChI=1S/C17H16O7/c1-21-13-8-11(16(18)19)9-14(22-2)15(13)24-12-6-4-10(5-7-12)17(20)23-3/h4-9H,1-3H3,(H,18,19). The molecule has 7 nitrogen and oxygen atoms in total. The van der Waals surface area contributed by atoms with Crippen LogP contribution in [0.1, 0.15) is 20.7 Å². The highest BCUT2D eigenvalue weighted by Gasteiger charge is 2.18. The Morgan fingerprint density at radius 2 is 1.42 bits per heavy atom. The summed E-state index contributed by atoms with van der Waals surface area (Å²) < 4.78 is 20.7. The van der Waals surface area contributed by atoms with Gasteiger partial charge in [-0.2, -0.15) is 0 Å². The Balaban J connectivity index is 2.38. The van der Waals surface area contributed by atoms with Gasteiger partial charge in [-0.3, -0.25) is 0 Å². The van der Waals surface area contributed by atoms with Gasteiger partial charge in [-0.1, -0.05) is 0 Å². The highest BCUT2D eigenvalue weighted by Crippen LogP contribution is 2.41. The molecule has 0 heterocycles. The maximum atomic E-state index is 11.4. The average Bonchev–Trinajstić information content (AvgIpc) is 2.61. The third-order valence-corrected chi connectivity index (χ3v) is 3.20. The molecule has 0 spiro atoms. The predicted molar refractivity (Wildman–Crippen MR) is 84.4 cm³/mol. The fourth-order valence-electron chi connectivity index (χ4n) is 2.00. The number of methoxy groups -OCH3 is 3. The van der Waals surface area contributed by atoms with Gasteiger partial charge in [0.25, 0.3) is 0 Å². The molecule has 0 saturated heterocycles. The molecule has 24 heavy (non-hydrogen) atoms. The Kier molecular flexibility index (Phi) is 5.26. The number of carbonyl (C=O) groups excluding carboxylic acids is 1. The van der Waals surface area contributed by atoms with Crippen LogP contribution in [0.5, 0.6) is 23.0 Å². The molecule has 126 valence electrons. The van der Waals surface area contributed by atoms with Gasteiger partial charge in [0, 0.05) is 0 Å². The van der Waals surface area contributed by atoms with Crippen molar-refractivity contribution in [3.63, 3.8) is 0 Å². The first-order valence-electron chi connectivity index (χ1n) is 6.85. The molecule has 0 radical (unpaired) electrons. The average molecular weight is 332 g/mol. The zero-order chi connectivity index (χ0) is 17.7. The van der Waals surface area contributed by atoms with E-state index in [0.29, 0.717) is 11.3 Å². The summed E-state index contributed by atoms with van der Waals surface area (Å²) in [4.78, 5) is 22.6. The third-order valence-electron chi connectivity index (χ3n) is 3.20. The van der Waals surface area contributed by atoms with Gasteiger partial charge in [-0.05, 0) is 36.4 Å². The van der Waals surface area contributed by atoms with Crippen LogP contribution in [-0.2, 0) is 4.74 Å². The number of hydrogen-bond acceptors (Lipinski definition) is 6. The van der Waals surface area contributed by atoms with Gasteiger partial charge in [-0.15, -0.1) is 0 Å². The van der Waals surface area contributed by atoms with E-state index in [2.05, 4.69) is 4.74 Å². The quantitative estimate of drug-likeness (QED) is 0.813. The molecule has 0 unspecified atom stereocenters. The lowest BCUT2D eigenvalue weighted by atomic mass is 10.1. The summed E-state index contributed by atoms with van der Waals surface area (Å²) in [5.41, 5.74) is 0.391. The van der Waals surface area contributed by atoms with Crippen molar-refractivity contribution in [1.82, 2.24) is 0 Å². The van der Waals surface area contributed by atoms with Crippen LogP contribution < -0.4 is 14.2 Å². The summed E-state index contributed by atoms with van der Waals surface area (Å²) in [6.07, 6.45) is 0. The van der Waals surface area contributed by atoms with Crippen LogP contribution in [0.3, 0.4) is 0 Å². The Morgan fingerprint density at radius 1 is 0.875 bits per heavy atom. The number of carboxylic acids is 1. The molecule has 0 bridgehead atoms. The zero-order valence-corrected chi connectivity index (χ0v) is 13.4. The smallest absolute Gasteiger partial charge is 0.337 e. The van der Waals surface area contributed by atoms with Crippen LogP contribution >= 0.6 is 0 Å². The minimum atomic E-state index is -1.11. The summed E-state index contributed by atoms with van der Waals surface area (Å²) in [7, 11) is 4.09. The minimum absolute atomic E-state index is 0.0112. The van der Waals surface area contributed by atoms with Crippen molar-refractivity contribution in [3.05, 3.63) is 47.5 Å². The molecule has 0 saturated carbocycles. The minimum Gasteiger partial charge on any atom is -0.493 e. The highest BCUT2D eigenvalue weighted by molar-refractivity contribution is 5.90. The monoisotopic (exact) mass is 332 g/mol. The molecule has 0 amide bonds. The Hall–Kier alpha value is -3.22. The van der Waals surface area contributed by atoms with Gasteiger partial charge in [0.05, 0.1) is 32.5 Å². The van der Waals surface area contributed by atoms with Gasteiger partial charge >= 0.3 is 11.9 Å². The molecule has 0 fully saturated rings. The van der Waals surface area contributed by atoms with Crippen LogP contribution in [0, 0.1) is 0 Å². The second-order valence-electron chi connectivity index (χ2n) is 4.63. The summed E-state index contributed by atoms with van der Waals surface area (Å²) in [6.45, 7) is 0. The molecule has 0 aliphatic carbocycles. The van der Waals surface area contributed by atoms with Crippen molar-refractivity contribution < 1.29 is 33.6 Å². The highest BCUT2D eigenvalue weighted by atomic mass is 16.5. The molecular formula is C17H16O7. The largest absolute Gasteiger partial charge is 0.493 e. The van der Waals surface area contributed by atoms with Crippen molar-refractivity contribution in [1.29, 1.82) is 0 Å². The first-order chi connectivity index (χ1) is 11.5. The maximum Gasteiger partial charge on any atom is 0.337 e. The molecule has 2 rings (SSSR count). The first kappa shape index (κ1) is 17.1. The van der Waals surface area contributed by atoms with E-state index in [1.54, 1.807) is 24.3 Å². The second kappa shape index (κ2) is 7.36. The fraction of sp³-hybridized carbons (Fsp3) is 0.176. The molecule has 2 aromatic rings. The number of carbonyl (C=O) groups is 2. The van der Waals surface area contributed by atoms with E-state index in [0.717, 1.165) is 0 Å². The second-order valence-corrected chi connectivity index (χ2v) is 4.63. The predicted octanol–water partition coefficient (Wildman–Crippen LogP) is 2.98. The number of benzene rings is 2. The molecule has 7 heteroatoms. The van der Waals surface area contributed by atoms with Crippen molar-refractivity contribution in [2.45, 2.75) is 0 Å². The molecule has 0 aromatic heterocycles. The number of hydrogen-bond donors (Lipinski definition) is 1. The lowest BCUT2D eigenvalue weighted by molar-refractivity contribution is 0.0599. The van der Waals surface area contributed by atoms with E-state index in [4.69, 9.17) is 19.3 Å². The number of ether oxygens (including phenoxy) is 4. The number of esters is 1. The van der Waals surface area contributed by atoms with Gasteiger partial charge in [0.15, 0.2) is 11.5 Å². The molecular weight excluding hydrogens is 316 g/mol. The fourth-order valence-corrected chi connectivity index (χ4v) is 2.00. The maximum absolute atomic E-state index is 11.4. The lowest BCUT2D eigenvalue weighted by Gasteiger charge is -2.15. The summed E-state index contributed by atoms with van der Waals surface area (Å²) in [5, 5.41) is 9.12. The normalized spacial score (nSPS) is 9.96. The van der Waals surface area contributed by atoms with Crippen LogP contribution in [-0.4, -0.2) is 38.4 Å². The number of aromatic carboxylic acids is 1. The Bertz CT molecular complexity index is 725. The van der Waals surface area contributed by atoms with Crippen LogP contribution in [0.25, 0.3) is 0 Å². The lowest BCUT2D eigenvalue weighted by Crippen LogP contribution is -2.02. The van der Waals surface area contributed by atoms with E-state index >= 15 is 0 Å². The molecule has 2 aromatic carbocycles.